The smallest absolute Gasteiger partial charge is 0.268 e. The molecule has 1 unspecified atom stereocenters. The first kappa shape index (κ1) is 14.4. The van der Waals surface area contributed by atoms with Crippen molar-refractivity contribution < 1.29 is 9.90 Å². The van der Waals surface area contributed by atoms with Crippen molar-refractivity contribution in [2.45, 2.75) is 25.8 Å². The third-order valence-corrected chi connectivity index (χ3v) is 3.74. The van der Waals surface area contributed by atoms with Crippen molar-refractivity contribution in [1.82, 2.24) is 9.88 Å². The Kier molecular flexibility index (Phi) is 4.47. The van der Waals surface area contributed by atoms with Gasteiger partial charge in [0.05, 0.1) is 17.2 Å². The van der Waals surface area contributed by atoms with E-state index in [-0.39, 0.29) is 12.5 Å². The molecule has 1 rings (SSSR count). The Morgan fingerprint density at radius 3 is 2.53 bits per heavy atom. The zero-order valence-corrected chi connectivity index (χ0v) is 11.6. The molecule has 1 aromatic heterocycles. The molecule has 0 saturated heterocycles. The van der Waals surface area contributed by atoms with Crippen molar-refractivity contribution in [3.63, 3.8) is 0 Å². The number of nitrogens with zero attached hydrogens (tertiary/aromatic N) is 1. The first-order valence-electron chi connectivity index (χ1n) is 5.28. The molecule has 17 heavy (non-hydrogen) atoms. The lowest BCUT2D eigenvalue weighted by molar-refractivity contribution is 0.0839. The van der Waals surface area contributed by atoms with Gasteiger partial charge in [-0.2, -0.15) is 0 Å². The Bertz CT molecular complexity index is 425. The van der Waals surface area contributed by atoms with Gasteiger partial charge in [-0.05, 0) is 19.4 Å². The van der Waals surface area contributed by atoms with Gasteiger partial charge in [-0.3, -0.25) is 4.79 Å². The Labute approximate surface area is 111 Å². The lowest BCUT2D eigenvalue weighted by Crippen LogP contribution is -2.48. The fourth-order valence-electron chi connectivity index (χ4n) is 1.34. The van der Waals surface area contributed by atoms with E-state index in [2.05, 4.69) is 5.32 Å². The lowest BCUT2D eigenvalue weighted by atomic mass is 10.0. The number of halogens is 2. The maximum atomic E-state index is 12.0. The van der Waals surface area contributed by atoms with E-state index in [9.17, 15) is 9.90 Å². The predicted molar refractivity (Wildman–Crippen MR) is 68.7 cm³/mol. The van der Waals surface area contributed by atoms with Crippen LogP contribution in [-0.4, -0.2) is 27.7 Å². The zero-order valence-electron chi connectivity index (χ0n) is 10.1. The van der Waals surface area contributed by atoms with Crippen molar-refractivity contribution in [3.8, 4) is 0 Å². The van der Waals surface area contributed by atoms with Crippen molar-refractivity contribution in [2.24, 2.45) is 7.05 Å². The number of aliphatic hydroxyl groups is 1. The molecule has 1 amide bonds. The summed E-state index contributed by atoms with van der Waals surface area (Å²) < 4.78 is 1.51. The maximum absolute atomic E-state index is 12.0. The van der Waals surface area contributed by atoms with E-state index in [1.165, 1.54) is 10.6 Å². The zero-order chi connectivity index (χ0) is 13.2. The third kappa shape index (κ3) is 2.94. The van der Waals surface area contributed by atoms with Crippen LogP contribution < -0.4 is 5.32 Å². The number of rotatable bonds is 4. The highest BCUT2D eigenvalue weighted by molar-refractivity contribution is 6.41. The largest absolute Gasteiger partial charge is 0.394 e. The molecular weight excluding hydrogens is 263 g/mol. The number of carbonyl (C=O) groups excluding carboxylic acids is 1. The molecule has 0 bridgehead atoms. The van der Waals surface area contributed by atoms with Gasteiger partial charge in [0.25, 0.3) is 5.91 Å². The summed E-state index contributed by atoms with van der Waals surface area (Å²) in [7, 11) is 1.66. The van der Waals surface area contributed by atoms with Gasteiger partial charge in [0.1, 0.15) is 10.8 Å². The summed E-state index contributed by atoms with van der Waals surface area (Å²) >= 11 is 11.7. The molecule has 0 spiro atoms. The van der Waals surface area contributed by atoms with Crippen LogP contribution in [0.3, 0.4) is 0 Å². The number of aromatic nitrogens is 1. The molecule has 0 aliphatic rings. The van der Waals surface area contributed by atoms with E-state index in [4.69, 9.17) is 23.2 Å². The second kappa shape index (κ2) is 5.29. The molecule has 6 heteroatoms. The minimum Gasteiger partial charge on any atom is -0.394 e. The highest BCUT2D eigenvalue weighted by Gasteiger charge is 2.25. The quantitative estimate of drug-likeness (QED) is 0.888. The van der Waals surface area contributed by atoms with Gasteiger partial charge >= 0.3 is 0 Å². The van der Waals surface area contributed by atoms with Gasteiger partial charge < -0.3 is 15.0 Å². The van der Waals surface area contributed by atoms with Crippen LogP contribution in [0.5, 0.6) is 0 Å². The minimum absolute atomic E-state index is 0.124. The van der Waals surface area contributed by atoms with Gasteiger partial charge in [0.2, 0.25) is 0 Å². The van der Waals surface area contributed by atoms with Crippen molar-refractivity contribution in [3.05, 3.63) is 21.9 Å². The molecule has 1 heterocycles. The molecule has 2 N–H and O–H groups in total. The first-order valence-corrected chi connectivity index (χ1v) is 6.04. The summed E-state index contributed by atoms with van der Waals surface area (Å²) in [6.07, 6.45) is 0.626. The molecule has 1 atom stereocenters. The van der Waals surface area contributed by atoms with E-state index in [1.54, 1.807) is 14.0 Å². The van der Waals surface area contributed by atoms with Gasteiger partial charge in [0.15, 0.2) is 0 Å². The number of hydrogen-bond donors (Lipinski definition) is 2. The summed E-state index contributed by atoms with van der Waals surface area (Å²) in [6.45, 7) is 3.54. The molecule has 0 aliphatic carbocycles. The molecule has 0 saturated carbocycles. The summed E-state index contributed by atoms with van der Waals surface area (Å²) in [4.78, 5) is 12.0. The van der Waals surface area contributed by atoms with Crippen LogP contribution in [0.15, 0.2) is 6.07 Å². The number of amides is 1. The molecule has 4 nitrogen and oxygen atoms in total. The van der Waals surface area contributed by atoms with Crippen molar-refractivity contribution in [1.29, 1.82) is 0 Å². The minimum atomic E-state index is -0.639. The average Bonchev–Trinajstić information content (AvgIpc) is 2.57. The standard InChI is InChI=1S/C11H16Cl2N2O2/c1-4-11(2,6-16)14-10(17)8-5-7(12)9(13)15(8)3/h5,16H,4,6H2,1-3H3,(H,14,17). The highest BCUT2D eigenvalue weighted by atomic mass is 35.5. The van der Waals surface area contributed by atoms with Crippen LogP contribution in [0, 0.1) is 0 Å². The topological polar surface area (TPSA) is 54.3 Å². The summed E-state index contributed by atoms with van der Waals surface area (Å²) in [6, 6.07) is 1.51. The molecule has 0 aliphatic heterocycles. The fourth-order valence-corrected chi connectivity index (χ4v) is 1.71. The third-order valence-electron chi connectivity index (χ3n) is 2.89. The number of nitrogens with one attached hydrogen (secondary N) is 1. The van der Waals surface area contributed by atoms with Crippen LogP contribution in [0.1, 0.15) is 30.8 Å². The van der Waals surface area contributed by atoms with Gasteiger partial charge in [-0.25, -0.2) is 0 Å². The fraction of sp³-hybridized carbons (Fsp3) is 0.545. The molecule has 0 radical (unpaired) electrons. The molecule has 96 valence electrons. The Hall–Kier alpha value is -0.710. The Morgan fingerprint density at radius 2 is 2.18 bits per heavy atom. The summed E-state index contributed by atoms with van der Waals surface area (Å²) in [5.41, 5.74) is -0.270. The maximum Gasteiger partial charge on any atom is 0.268 e. The molecule has 0 aromatic carbocycles. The van der Waals surface area contributed by atoms with Crippen molar-refractivity contribution in [2.75, 3.05) is 6.61 Å². The Balaban J connectivity index is 2.94. The summed E-state index contributed by atoms with van der Waals surface area (Å²) in [5.74, 6) is -0.306. The van der Waals surface area contributed by atoms with Crippen LogP contribution in [0.2, 0.25) is 10.2 Å². The van der Waals surface area contributed by atoms with E-state index in [0.717, 1.165) is 0 Å². The van der Waals surface area contributed by atoms with Gasteiger partial charge in [0, 0.05) is 7.05 Å². The average molecular weight is 279 g/mol. The van der Waals surface area contributed by atoms with E-state index in [1.807, 2.05) is 6.92 Å². The SMILES string of the molecule is CCC(C)(CO)NC(=O)c1cc(Cl)c(Cl)n1C. The van der Waals surface area contributed by atoms with Crippen LogP contribution >= 0.6 is 23.2 Å². The number of carbonyl (C=O) groups is 1. The normalized spacial score (nSPS) is 14.5. The second-order valence-corrected chi connectivity index (χ2v) is 5.02. The monoisotopic (exact) mass is 278 g/mol. The lowest BCUT2D eigenvalue weighted by Gasteiger charge is -2.27. The number of aliphatic hydroxyl groups excluding tert-OH is 1. The van der Waals surface area contributed by atoms with Crippen LogP contribution in [0.4, 0.5) is 0 Å². The molecular formula is C11H16Cl2N2O2. The van der Waals surface area contributed by atoms with E-state index >= 15 is 0 Å². The van der Waals surface area contributed by atoms with Crippen LogP contribution in [0.25, 0.3) is 0 Å². The van der Waals surface area contributed by atoms with Gasteiger partial charge in [-0.15, -0.1) is 0 Å². The molecule has 1 aromatic rings. The second-order valence-electron chi connectivity index (χ2n) is 4.25. The highest BCUT2D eigenvalue weighted by Crippen LogP contribution is 2.25. The predicted octanol–water partition coefficient (Wildman–Crippen LogP) is 2.22. The summed E-state index contributed by atoms with van der Waals surface area (Å²) in [5, 5.41) is 12.7. The first-order chi connectivity index (χ1) is 7.84. The van der Waals surface area contributed by atoms with Crippen LogP contribution in [-0.2, 0) is 7.05 Å². The van der Waals surface area contributed by atoms with Gasteiger partial charge in [-0.1, -0.05) is 30.1 Å². The van der Waals surface area contributed by atoms with E-state index < -0.39 is 5.54 Å². The Morgan fingerprint density at radius 1 is 1.59 bits per heavy atom. The van der Waals surface area contributed by atoms with Crippen molar-refractivity contribution >= 4 is 29.1 Å². The number of hydrogen-bond acceptors (Lipinski definition) is 2. The molecule has 0 fully saturated rings. The van der Waals surface area contributed by atoms with E-state index in [0.29, 0.717) is 22.3 Å².